The van der Waals surface area contributed by atoms with E-state index < -0.39 is 6.10 Å². The molecule has 3 atom stereocenters. The van der Waals surface area contributed by atoms with Gasteiger partial charge in [0.2, 0.25) is 0 Å². The molecule has 0 bridgehead atoms. The van der Waals surface area contributed by atoms with Gasteiger partial charge in [-0.3, -0.25) is 0 Å². The lowest BCUT2D eigenvalue weighted by Gasteiger charge is -2.22. The van der Waals surface area contributed by atoms with Crippen molar-refractivity contribution in [1.82, 2.24) is 0 Å². The molecule has 0 saturated heterocycles. The Labute approximate surface area is 79.4 Å². The fourth-order valence-electron chi connectivity index (χ4n) is 1.41. The Kier molecular flexibility index (Phi) is 3.46. The minimum atomic E-state index is -0.470. The molecule has 0 spiro atoms. The maximum Gasteiger partial charge on any atom is 0.0754 e. The highest BCUT2D eigenvalue weighted by molar-refractivity contribution is 5.20. The quantitative estimate of drug-likeness (QED) is 0.738. The van der Waals surface area contributed by atoms with Crippen LogP contribution in [0.1, 0.15) is 25.3 Å². The molecule has 1 aromatic carbocycles. The minimum Gasteiger partial charge on any atom is -0.391 e. The molecule has 2 heteroatoms. The Morgan fingerprint density at radius 1 is 1.15 bits per heavy atom. The molecule has 0 saturated carbocycles. The summed E-state index contributed by atoms with van der Waals surface area (Å²) in [7, 11) is 0. The number of hydrogen-bond donors (Lipinski definition) is 2. The number of benzene rings is 1. The number of rotatable bonds is 3. The number of aliphatic hydroxyl groups is 1. The molecule has 0 heterocycles. The van der Waals surface area contributed by atoms with Crippen LogP contribution in [-0.4, -0.2) is 17.3 Å². The Morgan fingerprint density at radius 2 is 1.69 bits per heavy atom. The molecular formula is C11H17NO. The number of nitrogens with two attached hydrogens (primary N) is 1. The van der Waals surface area contributed by atoms with Crippen LogP contribution < -0.4 is 5.73 Å². The molecule has 13 heavy (non-hydrogen) atoms. The Hall–Kier alpha value is -0.860. The zero-order valence-electron chi connectivity index (χ0n) is 8.14. The molecule has 0 fully saturated rings. The lowest BCUT2D eigenvalue weighted by Crippen LogP contribution is -2.35. The molecule has 0 aromatic heterocycles. The summed E-state index contributed by atoms with van der Waals surface area (Å²) in [6, 6.07) is 9.75. The maximum atomic E-state index is 9.72. The molecule has 3 unspecified atom stereocenters. The van der Waals surface area contributed by atoms with Crippen molar-refractivity contribution >= 4 is 0 Å². The fraction of sp³-hybridized carbons (Fsp3) is 0.455. The van der Waals surface area contributed by atoms with E-state index in [1.54, 1.807) is 0 Å². The summed E-state index contributed by atoms with van der Waals surface area (Å²) in [6.07, 6.45) is -0.470. The SMILES string of the molecule is CC(N)C(O)C(C)c1ccccc1. The second-order valence-corrected chi connectivity index (χ2v) is 3.55. The third-order valence-electron chi connectivity index (χ3n) is 2.38. The van der Waals surface area contributed by atoms with E-state index in [-0.39, 0.29) is 12.0 Å². The van der Waals surface area contributed by atoms with E-state index in [0.29, 0.717) is 0 Å². The molecule has 0 aliphatic rings. The zero-order valence-corrected chi connectivity index (χ0v) is 8.14. The monoisotopic (exact) mass is 179 g/mol. The minimum absolute atomic E-state index is 0.0983. The van der Waals surface area contributed by atoms with Gasteiger partial charge in [0.15, 0.2) is 0 Å². The van der Waals surface area contributed by atoms with Gasteiger partial charge in [0.05, 0.1) is 6.10 Å². The summed E-state index contributed by atoms with van der Waals surface area (Å²) in [5.74, 6) is 0.0983. The highest BCUT2D eigenvalue weighted by Crippen LogP contribution is 2.19. The average Bonchev–Trinajstić information content (AvgIpc) is 2.17. The number of hydrogen-bond acceptors (Lipinski definition) is 2. The van der Waals surface area contributed by atoms with Crippen molar-refractivity contribution in [3.63, 3.8) is 0 Å². The van der Waals surface area contributed by atoms with Crippen LogP contribution in [0.25, 0.3) is 0 Å². The molecule has 1 rings (SSSR count). The summed E-state index contributed by atoms with van der Waals surface area (Å²) >= 11 is 0. The zero-order chi connectivity index (χ0) is 9.84. The van der Waals surface area contributed by atoms with Gasteiger partial charge in [-0.1, -0.05) is 37.3 Å². The molecule has 0 aliphatic carbocycles. The summed E-state index contributed by atoms with van der Waals surface area (Å²) in [6.45, 7) is 3.81. The summed E-state index contributed by atoms with van der Waals surface area (Å²) in [5.41, 5.74) is 6.76. The normalized spacial score (nSPS) is 17.8. The third kappa shape index (κ3) is 2.54. The molecule has 1 aromatic rings. The van der Waals surface area contributed by atoms with E-state index in [0.717, 1.165) is 5.56 Å². The van der Waals surface area contributed by atoms with Crippen molar-refractivity contribution in [2.75, 3.05) is 0 Å². The van der Waals surface area contributed by atoms with Crippen LogP contribution in [0.15, 0.2) is 30.3 Å². The Morgan fingerprint density at radius 3 is 2.15 bits per heavy atom. The van der Waals surface area contributed by atoms with Crippen molar-refractivity contribution in [1.29, 1.82) is 0 Å². The summed E-state index contributed by atoms with van der Waals surface area (Å²) < 4.78 is 0. The van der Waals surface area contributed by atoms with Crippen molar-refractivity contribution in [3.05, 3.63) is 35.9 Å². The van der Waals surface area contributed by atoms with Crippen molar-refractivity contribution < 1.29 is 5.11 Å². The van der Waals surface area contributed by atoms with Crippen LogP contribution in [0.5, 0.6) is 0 Å². The van der Waals surface area contributed by atoms with Gasteiger partial charge in [-0.25, -0.2) is 0 Å². The van der Waals surface area contributed by atoms with E-state index in [4.69, 9.17) is 5.73 Å². The molecule has 72 valence electrons. The Balaban J connectivity index is 2.73. The number of aliphatic hydroxyl groups excluding tert-OH is 1. The molecule has 3 N–H and O–H groups in total. The van der Waals surface area contributed by atoms with Gasteiger partial charge in [-0.05, 0) is 12.5 Å². The average molecular weight is 179 g/mol. The highest BCUT2D eigenvalue weighted by Gasteiger charge is 2.19. The van der Waals surface area contributed by atoms with E-state index in [9.17, 15) is 5.11 Å². The largest absolute Gasteiger partial charge is 0.391 e. The lowest BCUT2D eigenvalue weighted by atomic mass is 9.92. The first-order chi connectivity index (χ1) is 6.13. The van der Waals surface area contributed by atoms with Gasteiger partial charge < -0.3 is 10.8 Å². The van der Waals surface area contributed by atoms with Crippen LogP contribution in [-0.2, 0) is 0 Å². The molecule has 0 aliphatic heterocycles. The van der Waals surface area contributed by atoms with Crippen molar-refractivity contribution in [2.24, 2.45) is 5.73 Å². The first-order valence-electron chi connectivity index (χ1n) is 4.61. The van der Waals surface area contributed by atoms with Crippen molar-refractivity contribution in [2.45, 2.75) is 31.9 Å². The van der Waals surface area contributed by atoms with Gasteiger partial charge in [-0.15, -0.1) is 0 Å². The van der Waals surface area contributed by atoms with Gasteiger partial charge in [0.25, 0.3) is 0 Å². The predicted molar refractivity (Wildman–Crippen MR) is 54.5 cm³/mol. The molecule has 0 amide bonds. The maximum absolute atomic E-state index is 9.72. The second kappa shape index (κ2) is 4.40. The second-order valence-electron chi connectivity index (χ2n) is 3.55. The van der Waals surface area contributed by atoms with E-state index in [1.807, 2.05) is 44.2 Å². The lowest BCUT2D eigenvalue weighted by molar-refractivity contribution is 0.127. The van der Waals surface area contributed by atoms with Gasteiger partial charge in [-0.2, -0.15) is 0 Å². The highest BCUT2D eigenvalue weighted by atomic mass is 16.3. The van der Waals surface area contributed by atoms with Crippen molar-refractivity contribution in [3.8, 4) is 0 Å². The standard InChI is InChI=1S/C11H17NO/c1-8(11(13)9(2)12)10-6-4-3-5-7-10/h3-9,11,13H,12H2,1-2H3. The molecule has 0 radical (unpaired) electrons. The molecular weight excluding hydrogens is 162 g/mol. The van der Waals surface area contributed by atoms with Crippen LogP contribution in [0.2, 0.25) is 0 Å². The van der Waals surface area contributed by atoms with E-state index in [2.05, 4.69) is 0 Å². The van der Waals surface area contributed by atoms with Crippen LogP contribution in [0.4, 0.5) is 0 Å². The summed E-state index contributed by atoms with van der Waals surface area (Å²) in [4.78, 5) is 0. The van der Waals surface area contributed by atoms with Crippen LogP contribution in [0, 0.1) is 0 Å². The Bertz CT molecular complexity index is 246. The van der Waals surface area contributed by atoms with Gasteiger partial charge in [0, 0.05) is 12.0 Å². The summed E-state index contributed by atoms with van der Waals surface area (Å²) in [5, 5.41) is 9.72. The smallest absolute Gasteiger partial charge is 0.0754 e. The van der Waals surface area contributed by atoms with Gasteiger partial charge >= 0.3 is 0 Å². The van der Waals surface area contributed by atoms with E-state index >= 15 is 0 Å². The fourth-order valence-corrected chi connectivity index (χ4v) is 1.41. The first kappa shape index (κ1) is 10.2. The van der Waals surface area contributed by atoms with E-state index in [1.165, 1.54) is 0 Å². The topological polar surface area (TPSA) is 46.2 Å². The third-order valence-corrected chi connectivity index (χ3v) is 2.38. The molecule has 2 nitrogen and oxygen atoms in total. The first-order valence-corrected chi connectivity index (χ1v) is 4.61. The van der Waals surface area contributed by atoms with Gasteiger partial charge in [0.1, 0.15) is 0 Å². The van der Waals surface area contributed by atoms with Crippen LogP contribution in [0.3, 0.4) is 0 Å². The van der Waals surface area contributed by atoms with Crippen LogP contribution >= 0.6 is 0 Å². The predicted octanol–water partition coefficient (Wildman–Crippen LogP) is 1.50.